The van der Waals surface area contributed by atoms with Gasteiger partial charge in [-0.3, -0.25) is 4.90 Å². The van der Waals surface area contributed by atoms with Crippen molar-refractivity contribution in [2.75, 3.05) is 46.3 Å². The maximum absolute atomic E-state index is 5.47. The number of nitrogens with zero attached hydrogens (tertiary/aromatic N) is 4. The van der Waals surface area contributed by atoms with Gasteiger partial charge in [0.2, 0.25) is 0 Å². The maximum Gasteiger partial charge on any atom is 0.149 e. The topological polar surface area (TPSA) is 79.5 Å². The van der Waals surface area contributed by atoms with Crippen LogP contribution in [0.25, 0.3) is 0 Å². The van der Waals surface area contributed by atoms with Gasteiger partial charge in [-0.1, -0.05) is 0 Å². The molecule has 1 aliphatic heterocycles. The number of nitrogen functional groups attached to an aromatic ring is 1. The number of nitrogens with two attached hydrogens (primary N) is 1. The van der Waals surface area contributed by atoms with E-state index in [1.54, 1.807) is 13.2 Å². The minimum absolute atomic E-state index is 0.183. The van der Waals surface area contributed by atoms with E-state index in [9.17, 15) is 0 Å². The Morgan fingerprint density at radius 1 is 1.42 bits per heavy atom. The number of anilines is 1. The summed E-state index contributed by atoms with van der Waals surface area (Å²) in [4.78, 5) is 13.6. The molecule has 2 heterocycles. The van der Waals surface area contributed by atoms with Crippen LogP contribution in [0, 0.1) is 0 Å². The smallest absolute Gasteiger partial charge is 0.149 e. The minimum Gasteiger partial charge on any atom is -0.378 e. The molecule has 106 valence electrons. The van der Waals surface area contributed by atoms with Crippen LogP contribution < -0.4 is 11.3 Å². The summed E-state index contributed by atoms with van der Waals surface area (Å²) in [6.45, 7) is 3.44. The van der Waals surface area contributed by atoms with Crippen LogP contribution in [0.15, 0.2) is 6.07 Å². The van der Waals surface area contributed by atoms with E-state index >= 15 is 0 Å². The fraction of sp³-hybridized carbons (Fsp3) is 0.667. The first-order valence-corrected chi connectivity index (χ1v) is 6.36. The van der Waals surface area contributed by atoms with Crippen molar-refractivity contribution in [2.45, 2.75) is 12.6 Å². The fourth-order valence-corrected chi connectivity index (χ4v) is 2.25. The molecule has 1 atom stereocenters. The van der Waals surface area contributed by atoms with Crippen LogP contribution in [-0.4, -0.2) is 60.6 Å². The zero-order valence-corrected chi connectivity index (χ0v) is 11.8. The third kappa shape index (κ3) is 3.38. The molecule has 1 aromatic rings. The monoisotopic (exact) mass is 266 g/mol. The van der Waals surface area contributed by atoms with Gasteiger partial charge in [0.05, 0.1) is 18.3 Å². The van der Waals surface area contributed by atoms with Crippen molar-refractivity contribution in [1.82, 2.24) is 19.8 Å². The molecule has 1 unspecified atom stereocenters. The molecular weight excluding hydrogens is 244 g/mol. The fourth-order valence-electron chi connectivity index (χ4n) is 2.25. The third-order valence-corrected chi connectivity index (χ3v) is 3.39. The molecule has 1 aliphatic rings. The SMILES string of the molecule is COCc1cc(NN)nc(C2CN(C)CCN2C)n1. The van der Waals surface area contributed by atoms with Crippen molar-refractivity contribution in [3.05, 3.63) is 17.6 Å². The molecule has 1 fully saturated rings. The number of aromatic nitrogens is 2. The van der Waals surface area contributed by atoms with E-state index < -0.39 is 0 Å². The zero-order chi connectivity index (χ0) is 13.8. The summed E-state index contributed by atoms with van der Waals surface area (Å²) in [7, 11) is 5.86. The van der Waals surface area contributed by atoms with Gasteiger partial charge in [0.15, 0.2) is 0 Å². The maximum atomic E-state index is 5.47. The number of methoxy groups -OCH3 is 1. The summed E-state index contributed by atoms with van der Waals surface area (Å²) in [6, 6.07) is 1.99. The van der Waals surface area contributed by atoms with Gasteiger partial charge in [0, 0.05) is 32.8 Å². The minimum atomic E-state index is 0.183. The first-order chi connectivity index (χ1) is 9.13. The number of hydrogen-bond acceptors (Lipinski definition) is 7. The van der Waals surface area contributed by atoms with E-state index in [-0.39, 0.29) is 6.04 Å². The predicted octanol–water partition coefficient (Wildman–Crippen LogP) is -0.173. The lowest BCUT2D eigenvalue weighted by molar-refractivity contribution is 0.109. The van der Waals surface area contributed by atoms with Crippen molar-refractivity contribution in [3.8, 4) is 0 Å². The number of hydrogen-bond donors (Lipinski definition) is 2. The van der Waals surface area contributed by atoms with E-state index in [0.29, 0.717) is 12.4 Å². The van der Waals surface area contributed by atoms with Crippen LogP contribution in [0.3, 0.4) is 0 Å². The molecule has 0 amide bonds. The van der Waals surface area contributed by atoms with Crippen molar-refractivity contribution < 1.29 is 4.74 Å². The van der Waals surface area contributed by atoms with Gasteiger partial charge >= 0.3 is 0 Å². The van der Waals surface area contributed by atoms with E-state index in [0.717, 1.165) is 31.2 Å². The Kier molecular flexibility index (Phi) is 4.65. The quantitative estimate of drug-likeness (QED) is 0.578. The lowest BCUT2D eigenvalue weighted by atomic mass is 10.1. The molecule has 7 nitrogen and oxygen atoms in total. The Hall–Kier alpha value is -1.28. The van der Waals surface area contributed by atoms with E-state index in [1.165, 1.54) is 0 Å². The first-order valence-electron chi connectivity index (χ1n) is 6.36. The Labute approximate surface area is 113 Å². The highest BCUT2D eigenvalue weighted by atomic mass is 16.5. The first kappa shape index (κ1) is 14.1. The Bertz CT molecular complexity index is 427. The lowest BCUT2D eigenvalue weighted by Crippen LogP contribution is -2.45. The van der Waals surface area contributed by atoms with Crippen LogP contribution >= 0.6 is 0 Å². The van der Waals surface area contributed by atoms with Crippen molar-refractivity contribution in [2.24, 2.45) is 5.84 Å². The number of hydrazine groups is 1. The van der Waals surface area contributed by atoms with E-state index in [2.05, 4.69) is 39.3 Å². The molecule has 0 bridgehead atoms. The van der Waals surface area contributed by atoms with Gasteiger partial charge in [-0.05, 0) is 14.1 Å². The standard InChI is InChI=1S/C12H22N6O/c1-17-4-5-18(2)10(7-17)12-14-9(8-19-3)6-11(15-12)16-13/h6,10H,4-5,7-8,13H2,1-3H3,(H,14,15,16). The van der Waals surface area contributed by atoms with Gasteiger partial charge in [-0.25, -0.2) is 15.8 Å². The molecule has 0 aromatic carbocycles. The van der Waals surface area contributed by atoms with Crippen LogP contribution in [0.2, 0.25) is 0 Å². The average molecular weight is 266 g/mol. The van der Waals surface area contributed by atoms with Crippen LogP contribution in [-0.2, 0) is 11.3 Å². The third-order valence-electron chi connectivity index (χ3n) is 3.39. The van der Waals surface area contributed by atoms with Gasteiger partial charge < -0.3 is 15.1 Å². The highest BCUT2D eigenvalue weighted by molar-refractivity contribution is 5.34. The number of rotatable bonds is 4. The Balaban J connectivity index is 2.28. The van der Waals surface area contributed by atoms with Gasteiger partial charge in [0.1, 0.15) is 11.6 Å². The molecule has 0 saturated carbocycles. The molecule has 1 aromatic heterocycles. The number of piperazine rings is 1. The molecule has 19 heavy (non-hydrogen) atoms. The average Bonchev–Trinajstić information content (AvgIpc) is 2.41. The highest BCUT2D eigenvalue weighted by Gasteiger charge is 2.26. The molecular formula is C12H22N6O. The summed E-state index contributed by atoms with van der Waals surface area (Å²) < 4.78 is 5.13. The van der Waals surface area contributed by atoms with Crippen LogP contribution in [0.5, 0.6) is 0 Å². The second-order valence-corrected chi connectivity index (χ2v) is 4.94. The molecule has 1 saturated heterocycles. The molecule has 3 N–H and O–H groups in total. The van der Waals surface area contributed by atoms with E-state index in [1.807, 2.05) is 0 Å². The lowest BCUT2D eigenvalue weighted by Gasteiger charge is -2.36. The van der Waals surface area contributed by atoms with Crippen molar-refractivity contribution in [3.63, 3.8) is 0 Å². The van der Waals surface area contributed by atoms with Gasteiger partial charge in [0.25, 0.3) is 0 Å². The largest absolute Gasteiger partial charge is 0.378 e. The van der Waals surface area contributed by atoms with Gasteiger partial charge in [-0.15, -0.1) is 0 Å². The summed E-state index contributed by atoms with van der Waals surface area (Å²) >= 11 is 0. The molecule has 0 radical (unpaired) electrons. The Morgan fingerprint density at radius 2 is 2.21 bits per heavy atom. The number of ether oxygens (including phenoxy) is 1. The number of likely N-dealkylation sites (N-methyl/N-ethyl adjacent to an activating group) is 2. The second kappa shape index (κ2) is 6.25. The second-order valence-electron chi connectivity index (χ2n) is 4.94. The summed E-state index contributed by atoms with van der Waals surface area (Å²) in [6.07, 6.45) is 0. The van der Waals surface area contributed by atoms with Crippen LogP contribution in [0.1, 0.15) is 17.6 Å². The number of nitrogens with one attached hydrogen (secondary N) is 1. The normalized spacial score (nSPS) is 21.6. The Morgan fingerprint density at radius 3 is 2.89 bits per heavy atom. The molecule has 2 rings (SSSR count). The highest BCUT2D eigenvalue weighted by Crippen LogP contribution is 2.22. The molecule has 0 aliphatic carbocycles. The van der Waals surface area contributed by atoms with Crippen LogP contribution in [0.4, 0.5) is 5.82 Å². The predicted molar refractivity (Wildman–Crippen MR) is 73.4 cm³/mol. The van der Waals surface area contributed by atoms with E-state index in [4.69, 9.17) is 10.6 Å². The molecule has 7 heteroatoms. The van der Waals surface area contributed by atoms with Crippen molar-refractivity contribution in [1.29, 1.82) is 0 Å². The summed E-state index contributed by atoms with van der Waals surface area (Å²) in [5, 5.41) is 0. The van der Waals surface area contributed by atoms with Crippen molar-refractivity contribution >= 4 is 5.82 Å². The summed E-state index contributed by atoms with van der Waals surface area (Å²) in [5.74, 6) is 6.88. The molecule has 0 spiro atoms. The zero-order valence-electron chi connectivity index (χ0n) is 11.8. The van der Waals surface area contributed by atoms with Gasteiger partial charge in [-0.2, -0.15) is 0 Å². The summed E-state index contributed by atoms with van der Waals surface area (Å²) in [5.41, 5.74) is 3.43.